The molecule has 1 rings (SSSR count). The first-order valence-electron chi connectivity index (χ1n) is 6.74. The van der Waals surface area contributed by atoms with Crippen molar-refractivity contribution in [1.29, 1.82) is 0 Å². The van der Waals surface area contributed by atoms with Gasteiger partial charge in [0.05, 0.1) is 6.54 Å². The van der Waals surface area contributed by atoms with Gasteiger partial charge in [-0.3, -0.25) is 9.69 Å². The minimum absolute atomic E-state index is 0.269. The second-order valence-corrected chi connectivity index (χ2v) is 4.94. The molecule has 1 aromatic heterocycles. The normalized spacial score (nSPS) is 11.0. The first-order chi connectivity index (χ1) is 9.02. The number of hydrogen-bond acceptors (Lipinski definition) is 4. The molecular formula is C14H24N4O. The average Bonchev–Trinajstić information content (AvgIpc) is 2.36. The number of nitrogens with two attached hydrogens (primary N) is 1. The van der Waals surface area contributed by atoms with Gasteiger partial charge in [0.1, 0.15) is 5.82 Å². The zero-order chi connectivity index (χ0) is 14.3. The van der Waals surface area contributed by atoms with Crippen molar-refractivity contribution in [2.24, 2.45) is 5.73 Å². The number of pyridine rings is 1. The van der Waals surface area contributed by atoms with Crippen molar-refractivity contribution in [3.05, 3.63) is 23.9 Å². The van der Waals surface area contributed by atoms with Gasteiger partial charge in [0.15, 0.2) is 0 Å². The second kappa shape index (κ2) is 7.74. The van der Waals surface area contributed by atoms with E-state index in [1.807, 2.05) is 37.1 Å². The summed E-state index contributed by atoms with van der Waals surface area (Å²) in [5.74, 6) is 0.583. The predicted molar refractivity (Wildman–Crippen MR) is 77.8 cm³/mol. The summed E-state index contributed by atoms with van der Waals surface area (Å²) in [7, 11) is 0. The fourth-order valence-corrected chi connectivity index (χ4v) is 1.73. The molecule has 3 N–H and O–H groups in total. The fraction of sp³-hybridized carbons (Fsp3) is 0.571. The molecule has 0 bridgehead atoms. The zero-order valence-electron chi connectivity index (χ0n) is 12.0. The average molecular weight is 264 g/mol. The van der Waals surface area contributed by atoms with Crippen LogP contribution in [0.4, 0.5) is 5.82 Å². The Morgan fingerprint density at radius 1 is 1.47 bits per heavy atom. The van der Waals surface area contributed by atoms with E-state index in [1.54, 1.807) is 0 Å². The minimum atomic E-state index is -0.303. The number of amides is 1. The maximum Gasteiger partial charge on any atom is 0.231 e. The van der Waals surface area contributed by atoms with E-state index in [1.165, 1.54) is 0 Å². The van der Waals surface area contributed by atoms with Crippen LogP contribution in [0.25, 0.3) is 0 Å². The Kier molecular flexibility index (Phi) is 6.29. The Hall–Kier alpha value is -1.62. The first-order valence-corrected chi connectivity index (χ1v) is 6.74. The quantitative estimate of drug-likeness (QED) is 0.748. The lowest BCUT2D eigenvalue weighted by Gasteiger charge is -2.24. The minimum Gasteiger partial charge on any atom is -0.370 e. The number of nitrogens with zero attached hydrogens (tertiary/aromatic N) is 2. The summed E-state index contributed by atoms with van der Waals surface area (Å²) in [6, 6.07) is 4.26. The van der Waals surface area contributed by atoms with Gasteiger partial charge in [-0.05, 0) is 31.9 Å². The molecule has 0 unspecified atom stereocenters. The highest BCUT2D eigenvalue weighted by Crippen LogP contribution is 2.10. The summed E-state index contributed by atoms with van der Waals surface area (Å²) < 4.78 is 0. The number of hydrogen-bond donors (Lipinski definition) is 2. The number of carbonyl (C=O) groups excluding carboxylic acids is 1. The first kappa shape index (κ1) is 15.4. The maximum absolute atomic E-state index is 11.0. The number of carbonyl (C=O) groups is 1. The zero-order valence-corrected chi connectivity index (χ0v) is 12.0. The van der Waals surface area contributed by atoms with Crippen LogP contribution in [-0.2, 0) is 11.3 Å². The third kappa shape index (κ3) is 5.70. The molecule has 1 aromatic rings. The number of nitrogens with one attached hydrogen (secondary N) is 1. The van der Waals surface area contributed by atoms with Crippen LogP contribution in [0.2, 0.25) is 0 Å². The molecule has 0 spiro atoms. The SMILES string of the molecule is CCCNc1ccc(CN(CC(N)=O)C(C)C)cn1. The highest BCUT2D eigenvalue weighted by molar-refractivity contribution is 5.75. The van der Waals surface area contributed by atoms with Gasteiger partial charge in [0.25, 0.3) is 0 Å². The van der Waals surface area contributed by atoms with Crippen LogP contribution >= 0.6 is 0 Å². The number of primary amides is 1. The summed E-state index contributed by atoms with van der Waals surface area (Å²) in [4.78, 5) is 17.4. The topological polar surface area (TPSA) is 71.2 Å². The highest BCUT2D eigenvalue weighted by Gasteiger charge is 2.12. The van der Waals surface area contributed by atoms with Gasteiger partial charge in [-0.2, -0.15) is 0 Å². The maximum atomic E-state index is 11.0. The van der Waals surface area contributed by atoms with E-state index < -0.39 is 0 Å². The van der Waals surface area contributed by atoms with Gasteiger partial charge >= 0.3 is 0 Å². The van der Waals surface area contributed by atoms with Crippen LogP contribution in [0.3, 0.4) is 0 Å². The predicted octanol–water partition coefficient (Wildman–Crippen LogP) is 1.60. The molecule has 106 valence electrons. The monoisotopic (exact) mass is 264 g/mol. The third-order valence-electron chi connectivity index (χ3n) is 2.86. The van der Waals surface area contributed by atoms with Gasteiger partial charge in [0.2, 0.25) is 5.91 Å². The fourth-order valence-electron chi connectivity index (χ4n) is 1.73. The van der Waals surface area contributed by atoms with E-state index in [0.29, 0.717) is 6.54 Å². The van der Waals surface area contributed by atoms with E-state index in [-0.39, 0.29) is 18.5 Å². The Labute approximate surface area is 115 Å². The summed E-state index contributed by atoms with van der Waals surface area (Å²) >= 11 is 0. The molecule has 0 saturated heterocycles. The largest absolute Gasteiger partial charge is 0.370 e. The summed E-state index contributed by atoms with van der Waals surface area (Å²) in [6.45, 7) is 8.09. The van der Waals surface area contributed by atoms with Crippen molar-refractivity contribution in [3.8, 4) is 0 Å². The van der Waals surface area contributed by atoms with Crippen molar-refractivity contribution in [3.63, 3.8) is 0 Å². The smallest absolute Gasteiger partial charge is 0.231 e. The Morgan fingerprint density at radius 3 is 2.68 bits per heavy atom. The van der Waals surface area contributed by atoms with Crippen LogP contribution < -0.4 is 11.1 Å². The molecular weight excluding hydrogens is 240 g/mol. The Bertz CT molecular complexity index is 389. The summed E-state index contributed by atoms with van der Waals surface area (Å²) in [6.07, 6.45) is 2.91. The number of rotatable bonds is 8. The molecule has 19 heavy (non-hydrogen) atoms. The molecule has 0 atom stereocenters. The van der Waals surface area contributed by atoms with E-state index in [9.17, 15) is 4.79 Å². The lowest BCUT2D eigenvalue weighted by atomic mass is 10.2. The second-order valence-electron chi connectivity index (χ2n) is 4.94. The van der Waals surface area contributed by atoms with Gasteiger partial charge in [0, 0.05) is 25.3 Å². The van der Waals surface area contributed by atoms with Gasteiger partial charge < -0.3 is 11.1 Å². The molecule has 1 heterocycles. The van der Waals surface area contributed by atoms with Crippen molar-refractivity contribution >= 4 is 11.7 Å². The van der Waals surface area contributed by atoms with Crippen molar-refractivity contribution in [1.82, 2.24) is 9.88 Å². The van der Waals surface area contributed by atoms with Crippen LogP contribution in [0.5, 0.6) is 0 Å². The van der Waals surface area contributed by atoms with Crippen LogP contribution in [0.1, 0.15) is 32.8 Å². The standard InChI is InChI=1S/C14H24N4O/c1-4-7-16-14-6-5-12(8-17-14)9-18(11(2)3)10-13(15)19/h5-6,8,11H,4,7,9-10H2,1-3H3,(H2,15,19)(H,16,17). The lowest BCUT2D eigenvalue weighted by Crippen LogP contribution is -2.37. The Morgan fingerprint density at radius 2 is 2.21 bits per heavy atom. The van der Waals surface area contributed by atoms with Gasteiger partial charge in [-0.15, -0.1) is 0 Å². The molecule has 0 aliphatic rings. The number of aromatic nitrogens is 1. The van der Waals surface area contributed by atoms with Crippen molar-refractivity contribution in [2.45, 2.75) is 39.8 Å². The van der Waals surface area contributed by atoms with Gasteiger partial charge in [-0.25, -0.2) is 4.98 Å². The summed E-state index contributed by atoms with van der Waals surface area (Å²) in [5.41, 5.74) is 6.34. The molecule has 0 aromatic carbocycles. The number of anilines is 1. The summed E-state index contributed by atoms with van der Waals surface area (Å²) in [5, 5.41) is 3.23. The van der Waals surface area contributed by atoms with Crippen LogP contribution in [0.15, 0.2) is 18.3 Å². The van der Waals surface area contributed by atoms with Crippen molar-refractivity contribution < 1.29 is 4.79 Å². The Balaban J connectivity index is 2.61. The molecule has 0 radical (unpaired) electrons. The van der Waals surface area contributed by atoms with Crippen LogP contribution in [-0.4, -0.2) is 34.9 Å². The molecule has 0 aliphatic carbocycles. The van der Waals surface area contributed by atoms with Gasteiger partial charge in [-0.1, -0.05) is 13.0 Å². The molecule has 1 amide bonds. The molecule has 5 nitrogen and oxygen atoms in total. The highest BCUT2D eigenvalue weighted by atomic mass is 16.1. The van der Waals surface area contributed by atoms with Crippen molar-refractivity contribution in [2.75, 3.05) is 18.4 Å². The molecule has 0 aliphatic heterocycles. The lowest BCUT2D eigenvalue weighted by molar-refractivity contribution is -0.119. The van der Waals surface area contributed by atoms with E-state index >= 15 is 0 Å². The van der Waals surface area contributed by atoms with Crippen LogP contribution in [0, 0.1) is 0 Å². The molecule has 0 fully saturated rings. The molecule has 0 saturated carbocycles. The van der Waals surface area contributed by atoms with E-state index in [0.717, 1.165) is 24.3 Å². The molecule has 5 heteroatoms. The third-order valence-corrected chi connectivity index (χ3v) is 2.86. The van der Waals surface area contributed by atoms with E-state index in [2.05, 4.69) is 17.2 Å². The van der Waals surface area contributed by atoms with E-state index in [4.69, 9.17) is 5.73 Å².